The molecule has 3 rings (SSSR count). The highest BCUT2D eigenvalue weighted by atomic mass is 35.5. The number of amides is 1. The van der Waals surface area contributed by atoms with Gasteiger partial charge >= 0.3 is 5.97 Å². The molecule has 0 saturated carbocycles. The molecule has 0 radical (unpaired) electrons. The number of esters is 1. The summed E-state index contributed by atoms with van der Waals surface area (Å²) in [5, 5.41) is 3.51. The van der Waals surface area contributed by atoms with Gasteiger partial charge in [0.1, 0.15) is 5.75 Å². The molecule has 1 N–H and O–H groups in total. The van der Waals surface area contributed by atoms with Crippen LogP contribution >= 0.6 is 35.6 Å². The van der Waals surface area contributed by atoms with Crippen molar-refractivity contribution in [3.8, 4) is 5.75 Å². The van der Waals surface area contributed by atoms with Crippen molar-refractivity contribution < 1.29 is 23.8 Å². The number of methoxy groups -OCH3 is 2. The van der Waals surface area contributed by atoms with Crippen molar-refractivity contribution in [2.45, 2.75) is 0 Å². The number of carbonyl (C=O) groups excluding carboxylic acids is 2. The van der Waals surface area contributed by atoms with Crippen molar-refractivity contribution in [2.24, 2.45) is 0 Å². The fourth-order valence-electron chi connectivity index (χ4n) is 3.24. The second kappa shape index (κ2) is 12.0. The van der Waals surface area contributed by atoms with Crippen LogP contribution in [0.5, 0.6) is 5.75 Å². The van der Waals surface area contributed by atoms with Crippen molar-refractivity contribution in [3.05, 3.63) is 57.6 Å². The summed E-state index contributed by atoms with van der Waals surface area (Å²) in [6.07, 6.45) is 2.88. The van der Waals surface area contributed by atoms with Gasteiger partial charge in [-0.2, -0.15) is 0 Å². The van der Waals surface area contributed by atoms with Gasteiger partial charge in [-0.25, -0.2) is 4.79 Å². The van der Waals surface area contributed by atoms with E-state index in [2.05, 4.69) is 10.2 Å². The molecule has 1 aliphatic heterocycles. The Morgan fingerprint density at radius 3 is 2.50 bits per heavy atom. The maximum atomic E-state index is 12.4. The van der Waals surface area contributed by atoms with E-state index in [1.165, 1.54) is 20.3 Å². The highest BCUT2D eigenvalue weighted by Gasteiger charge is 2.20. The maximum Gasteiger partial charge on any atom is 0.340 e. The Morgan fingerprint density at radius 1 is 1.12 bits per heavy atom. The molecule has 0 aliphatic carbocycles. The van der Waals surface area contributed by atoms with Crippen LogP contribution in [0.3, 0.4) is 0 Å². The highest BCUT2D eigenvalue weighted by Crippen LogP contribution is 2.33. The number of hydrogen-bond donors (Lipinski definition) is 1. The lowest BCUT2D eigenvalue weighted by Gasteiger charge is -2.30. The molecule has 1 aliphatic rings. The Kier molecular flexibility index (Phi) is 9.65. The smallest absolute Gasteiger partial charge is 0.340 e. The minimum absolute atomic E-state index is 0. The van der Waals surface area contributed by atoms with Gasteiger partial charge in [0.15, 0.2) is 0 Å². The molecular weight excluding hydrogens is 479 g/mol. The first-order chi connectivity index (χ1) is 14.9. The summed E-state index contributed by atoms with van der Waals surface area (Å²) in [6.45, 7) is 2.51. The summed E-state index contributed by atoms with van der Waals surface area (Å²) >= 11 is 12.2. The number of rotatable bonds is 6. The van der Waals surface area contributed by atoms with Gasteiger partial charge < -0.3 is 24.4 Å². The fourth-order valence-corrected chi connectivity index (χ4v) is 3.82. The minimum Gasteiger partial charge on any atom is -0.495 e. The molecule has 1 fully saturated rings. The van der Waals surface area contributed by atoms with Gasteiger partial charge in [-0.3, -0.25) is 4.79 Å². The van der Waals surface area contributed by atoms with Crippen molar-refractivity contribution in [1.82, 2.24) is 0 Å². The number of anilines is 2. The first kappa shape index (κ1) is 25.8. The van der Waals surface area contributed by atoms with Gasteiger partial charge in [0.05, 0.1) is 43.7 Å². The average molecular weight is 502 g/mol. The van der Waals surface area contributed by atoms with Crippen LogP contribution < -0.4 is 15.0 Å². The Labute approximate surface area is 202 Å². The number of hydrogen-bond acceptors (Lipinski definition) is 6. The van der Waals surface area contributed by atoms with E-state index >= 15 is 0 Å². The number of benzene rings is 2. The Morgan fingerprint density at radius 2 is 1.84 bits per heavy atom. The number of morpholine rings is 1. The summed E-state index contributed by atoms with van der Waals surface area (Å²) in [5.74, 6) is -0.461. The topological polar surface area (TPSA) is 77.1 Å². The molecule has 1 saturated heterocycles. The van der Waals surface area contributed by atoms with Gasteiger partial charge in [0.25, 0.3) is 0 Å². The fraction of sp³-hybridized carbons (Fsp3) is 0.273. The van der Waals surface area contributed by atoms with Gasteiger partial charge in [0, 0.05) is 35.4 Å². The summed E-state index contributed by atoms with van der Waals surface area (Å²) in [6, 6.07) is 8.32. The monoisotopic (exact) mass is 500 g/mol. The molecule has 0 atom stereocenters. The summed E-state index contributed by atoms with van der Waals surface area (Å²) < 4.78 is 15.6. The molecule has 2 aromatic carbocycles. The van der Waals surface area contributed by atoms with Crippen LogP contribution in [0.4, 0.5) is 11.4 Å². The lowest BCUT2D eigenvalue weighted by Crippen LogP contribution is -2.37. The van der Waals surface area contributed by atoms with Gasteiger partial charge in [-0.05, 0) is 36.4 Å². The van der Waals surface area contributed by atoms with Crippen molar-refractivity contribution >= 4 is 64.9 Å². The van der Waals surface area contributed by atoms with Crippen LogP contribution in [-0.2, 0) is 14.3 Å². The standard InChI is InChI=1S/C22H22Cl2N2O5.ClH/c1-29-21-14(11-15(23)12-18(21)24)3-6-20(27)25-16-4-5-19(17(13-16)22(28)30-2)26-7-9-31-10-8-26;/h3-6,11-13H,7-10H2,1-2H3,(H,25,27);1H. The molecule has 1 amide bonds. The Hall–Kier alpha value is -2.45. The molecule has 2 aromatic rings. The number of carbonyl (C=O) groups is 2. The average Bonchev–Trinajstić information content (AvgIpc) is 2.77. The predicted octanol–water partition coefficient (Wildman–Crippen LogP) is 4.70. The zero-order chi connectivity index (χ0) is 22.4. The molecular formula is C22H23Cl3N2O5. The Bertz CT molecular complexity index is 1010. The second-order valence-corrected chi connectivity index (χ2v) is 7.50. The third-order valence-corrected chi connectivity index (χ3v) is 5.18. The zero-order valence-electron chi connectivity index (χ0n) is 17.5. The van der Waals surface area contributed by atoms with Crippen molar-refractivity contribution in [2.75, 3.05) is 50.7 Å². The third kappa shape index (κ3) is 6.29. The summed E-state index contributed by atoms with van der Waals surface area (Å²) in [7, 11) is 2.81. The number of halogens is 3. The van der Waals surface area contributed by atoms with Crippen LogP contribution in [0.1, 0.15) is 15.9 Å². The number of ether oxygens (including phenoxy) is 3. The van der Waals surface area contributed by atoms with Crippen molar-refractivity contribution in [1.29, 1.82) is 0 Å². The first-order valence-electron chi connectivity index (χ1n) is 9.50. The van der Waals surface area contributed by atoms with Gasteiger partial charge in [0.2, 0.25) is 5.91 Å². The number of nitrogens with one attached hydrogen (secondary N) is 1. The normalized spacial score (nSPS) is 13.4. The SMILES string of the molecule is COC(=O)c1cc(NC(=O)C=Cc2cc(Cl)cc(Cl)c2OC)ccc1N1CCOCC1.Cl. The van der Waals surface area contributed by atoms with Crippen LogP contribution in [0.2, 0.25) is 10.0 Å². The van der Waals surface area contributed by atoms with E-state index in [1.807, 2.05) is 0 Å². The van der Waals surface area contributed by atoms with E-state index in [9.17, 15) is 9.59 Å². The van der Waals surface area contributed by atoms with E-state index in [0.717, 1.165) is 5.69 Å². The molecule has 0 aromatic heterocycles. The summed E-state index contributed by atoms with van der Waals surface area (Å²) in [5.41, 5.74) is 2.13. The maximum absolute atomic E-state index is 12.4. The van der Waals surface area contributed by atoms with Crippen LogP contribution in [0.25, 0.3) is 6.08 Å². The van der Waals surface area contributed by atoms with Crippen LogP contribution in [0.15, 0.2) is 36.4 Å². The Balaban J connectivity index is 0.00000363. The molecule has 7 nitrogen and oxygen atoms in total. The molecule has 172 valence electrons. The zero-order valence-corrected chi connectivity index (χ0v) is 19.9. The first-order valence-corrected chi connectivity index (χ1v) is 10.3. The van der Waals surface area contributed by atoms with E-state index in [-0.39, 0.29) is 12.4 Å². The van der Waals surface area contributed by atoms with Crippen LogP contribution in [-0.4, -0.2) is 52.4 Å². The number of nitrogens with zero attached hydrogens (tertiary/aromatic N) is 1. The molecule has 0 spiro atoms. The van der Waals surface area contributed by atoms with Crippen LogP contribution in [0, 0.1) is 0 Å². The third-order valence-electron chi connectivity index (χ3n) is 4.68. The largest absolute Gasteiger partial charge is 0.495 e. The molecule has 10 heteroatoms. The van der Waals surface area contributed by atoms with E-state index in [4.69, 9.17) is 37.4 Å². The van der Waals surface area contributed by atoms with E-state index in [1.54, 1.807) is 36.4 Å². The van der Waals surface area contributed by atoms with Crippen molar-refractivity contribution in [3.63, 3.8) is 0 Å². The predicted molar refractivity (Wildman–Crippen MR) is 129 cm³/mol. The van der Waals surface area contributed by atoms with E-state index < -0.39 is 11.9 Å². The molecule has 1 heterocycles. The van der Waals surface area contributed by atoms with Gasteiger partial charge in [-0.1, -0.05) is 23.2 Å². The molecule has 32 heavy (non-hydrogen) atoms. The lowest BCUT2D eigenvalue weighted by atomic mass is 10.1. The summed E-state index contributed by atoms with van der Waals surface area (Å²) in [4.78, 5) is 26.8. The quantitative estimate of drug-likeness (QED) is 0.457. The van der Waals surface area contributed by atoms with Gasteiger partial charge in [-0.15, -0.1) is 12.4 Å². The lowest BCUT2D eigenvalue weighted by molar-refractivity contribution is -0.111. The highest BCUT2D eigenvalue weighted by molar-refractivity contribution is 6.36. The van der Waals surface area contributed by atoms with E-state index in [0.29, 0.717) is 58.9 Å². The second-order valence-electron chi connectivity index (χ2n) is 6.66. The molecule has 0 unspecified atom stereocenters. The minimum atomic E-state index is -0.480. The molecule has 0 bridgehead atoms.